The van der Waals surface area contributed by atoms with Gasteiger partial charge in [0.05, 0.1) is 12.5 Å². The molecule has 1 N–H and O–H groups in total. The Bertz CT molecular complexity index is 784. The first-order chi connectivity index (χ1) is 12.2. The number of nitrogens with one attached hydrogen (secondary N) is 1. The number of nitrogens with zero attached hydrogens (tertiary/aromatic N) is 2. The lowest BCUT2D eigenvalue weighted by atomic mass is 9.95. The molecule has 2 aliphatic rings. The van der Waals surface area contributed by atoms with Crippen molar-refractivity contribution in [3.8, 4) is 0 Å². The van der Waals surface area contributed by atoms with Gasteiger partial charge in [-0.15, -0.1) is 0 Å². The van der Waals surface area contributed by atoms with Crippen molar-refractivity contribution in [2.75, 3.05) is 13.1 Å². The van der Waals surface area contributed by atoms with E-state index < -0.39 is 0 Å². The van der Waals surface area contributed by atoms with Gasteiger partial charge in [0.1, 0.15) is 5.76 Å². The fraction of sp³-hybridized carbons (Fsp3) is 0.421. The van der Waals surface area contributed by atoms with Crippen LogP contribution in [0, 0.1) is 0 Å². The van der Waals surface area contributed by atoms with Crippen LogP contribution in [0.25, 0.3) is 0 Å². The van der Waals surface area contributed by atoms with E-state index in [-0.39, 0.29) is 24.3 Å². The third kappa shape index (κ3) is 3.04. The lowest BCUT2D eigenvalue weighted by Gasteiger charge is -2.29. The molecule has 0 radical (unpaired) electrons. The minimum atomic E-state index is -0.285. The highest BCUT2D eigenvalue weighted by Crippen LogP contribution is 2.30. The van der Waals surface area contributed by atoms with Crippen LogP contribution in [0.3, 0.4) is 0 Å². The number of fused-ring (bicyclic) bond motifs is 1. The Labute approximate surface area is 146 Å². The molecule has 6 heteroatoms. The van der Waals surface area contributed by atoms with E-state index in [1.54, 1.807) is 4.90 Å². The Morgan fingerprint density at radius 1 is 1.20 bits per heavy atom. The zero-order chi connectivity index (χ0) is 17.2. The average molecular weight is 339 g/mol. The molecule has 6 nitrogen and oxygen atoms in total. The van der Waals surface area contributed by atoms with E-state index in [4.69, 9.17) is 4.52 Å². The molecule has 2 amide bonds. The summed E-state index contributed by atoms with van der Waals surface area (Å²) in [6, 6.07) is 9.42. The molecule has 1 aliphatic heterocycles. The monoisotopic (exact) mass is 339 g/mol. The Balaban J connectivity index is 1.69. The molecular weight excluding hydrogens is 318 g/mol. The Hall–Kier alpha value is -2.63. The molecule has 25 heavy (non-hydrogen) atoms. The highest BCUT2D eigenvalue weighted by atomic mass is 16.5. The summed E-state index contributed by atoms with van der Waals surface area (Å²) in [6.45, 7) is 0.916. The van der Waals surface area contributed by atoms with Gasteiger partial charge in [0.2, 0.25) is 5.91 Å². The van der Waals surface area contributed by atoms with Gasteiger partial charge in [0.15, 0.2) is 5.69 Å². The quantitative estimate of drug-likeness (QED) is 0.911. The molecular formula is C19H21N3O3. The molecule has 0 unspecified atom stereocenters. The van der Waals surface area contributed by atoms with Crippen molar-refractivity contribution in [3.05, 3.63) is 52.9 Å². The predicted octanol–water partition coefficient (Wildman–Crippen LogP) is 2.26. The fourth-order valence-electron chi connectivity index (χ4n) is 3.73. The van der Waals surface area contributed by atoms with Gasteiger partial charge in [0, 0.05) is 25.1 Å². The van der Waals surface area contributed by atoms with E-state index in [2.05, 4.69) is 10.5 Å². The zero-order valence-corrected chi connectivity index (χ0v) is 14.0. The molecule has 0 spiro atoms. The molecule has 0 bridgehead atoms. The maximum absolute atomic E-state index is 13.2. The van der Waals surface area contributed by atoms with Crippen molar-refractivity contribution >= 4 is 11.8 Å². The van der Waals surface area contributed by atoms with E-state index in [1.165, 1.54) is 0 Å². The van der Waals surface area contributed by atoms with Crippen LogP contribution in [0.15, 0.2) is 34.9 Å². The second-order valence-corrected chi connectivity index (χ2v) is 6.62. The summed E-state index contributed by atoms with van der Waals surface area (Å²) < 4.78 is 5.41. The van der Waals surface area contributed by atoms with E-state index in [9.17, 15) is 9.59 Å². The first kappa shape index (κ1) is 15.9. The third-order valence-corrected chi connectivity index (χ3v) is 5.03. The third-order valence-electron chi connectivity index (χ3n) is 5.03. The normalized spacial score (nSPS) is 20.6. The SMILES string of the molecule is O=C1C[C@H](c2ccccc2)N(C(=O)c2noc3c2CCCC3)CCN1. The summed E-state index contributed by atoms with van der Waals surface area (Å²) in [4.78, 5) is 27.1. The second-order valence-electron chi connectivity index (χ2n) is 6.62. The summed E-state index contributed by atoms with van der Waals surface area (Å²) in [6.07, 6.45) is 4.07. The lowest BCUT2D eigenvalue weighted by molar-refractivity contribution is -0.121. The van der Waals surface area contributed by atoms with Crippen molar-refractivity contribution in [1.29, 1.82) is 0 Å². The van der Waals surface area contributed by atoms with Crippen LogP contribution in [0.1, 0.15) is 52.7 Å². The van der Waals surface area contributed by atoms with E-state index in [0.717, 1.165) is 42.6 Å². The molecule has 1 fully saturated rings. The number of benzene rings is 1. The predicted molar refractivity (Wildman–Crippen MR) is 91.0 cm³/mol. The van der Waals surface area contributed by atoms with Gasteiger partial charge < -0.3 is 14.7 Å². The Morgan fingerprint density at radius 3 is 2.84 bits per heavy atom. The van der Waals surface area contributed by atoms with Gasteiger partial charge in [0.25, 0.3) is 5.91 Å². The van der Waals surface area contributed by atoms with Crippen LogP contribution in [-0.4, -0.2) is 35.0 Å². The summed E-state index contributed by atoms with van der Waals surface area (Å²) in [5.74, 6) is 0.665. The lowest BCUT2D eigenvalue weighted by Crippen LogP contribution is -2.37. The first-order valence-corrected chi connectivity index (χ1v) is 8.84. The van der Waals surface area contributed by atoms with Crippen molar-refractivity contribution in [2.24, 2.45) is 0 Å². The number of amides is 2. The van der Waals surface area contributed by atoms with Crippen LogP contribution in [-0.2, 0) is 17.6 Å². The van der Waals surface area contributed by atoms with Gasteiger partial charge in [-0.25, -0.2) is 0 Å². The van der Waals surface area contributed by atoms with Crippen molar-refractivity contribution in [3.63, 3.8) is 0 Å². The summed E-state index contributed by atoms with van der Waals surface area (Å²) in [5, 5.41) is 6.94. The van der Waals surface area contributed by atoms with Crippen LogP contribution in [0.4, 0.5) is 0 Å². The van der Waals surface area contributed by atoms with Crippen molar-refractivity contribution in [2.45, 2.75) is 38.1 Å². The highest BCUT2D eigenvalue weighted by molar-refractivity contribution is 5.95. The second kappa shape index (κ2) is 6.70. The molecule has 130 valence electrons. The smallest absolute Gasteiger partial charge is 0.276 e. The van der Waals surface area contributed by atoms with Crippen LogP contribution < -0.4 is 5.32 Å². The van der Waals surface area contributed by atoms with Gasteiger partial charge >= 0.3 is 0 Å². The highest BCUT2D eigenvalue weighted by Gasteiger charge is 2.34. The number of aryl methyl sites for hydroxylation is 1. The van der Waals surface area contributed by atoms with Gasteiger partial charge in [-0.05, 0) is 24.8 Å². The van der Waals surface area contributed by atoms with Crippen molar-refractivity contribution < 1.29 is 14.1 Å². The number of aromatic nitrogens is 1. The number of rotatable bonds is 2. The minimum Gasteiger partial charge on any atom is -0.360 e. The summed E-state index contributed by atoms with van der Waals surface area (Å²) >= 11 is 0. The van der Waals surface area contributed by atoms with E-state index >= 15 is 0 Å². The average Bonchev–Trinajstić information content (AvgIpc) is 2.98. The molecule has 1 aliphatic carbocycles. The molecule has 2 aromatic rings. The summed E-state index contributed by atoms with van der Waals surface area (Å²) in [7, 11) is 0. The number of hydrogen-bond donors (Lipinski definition) is 1. The number of carbonyl (C=O) groups excluding carboxylic acids is 2. The molecule has 2 heterocycles. The van der Waals surface area contributed by atoms with Crippen LogP contribution >= 0.6 is 0 Å². The first-order valence-electron chi connectivity index (χ1n) is 8.84. The number of hydrogen-bond acceptors (Lipinski definition) is 4. The molecule has 1 saturated heterocycles. The number of carbonyl (C=O) groups is 2. The van der Waals surface area contributed by atoms with E-state index in [0.29, 0.717) is 18.8 Å². The maximum Gasteiger partial charge on any atom is 0.276 e. The van der Waals surface area contributed by atoms with Crippen LogP contribution in [0.5, 0.6) is 0 Å². The van der Waals surface area contributed by atoms with Gasteiger partial charge in [-0.3, -0.25) is 9.59 Å². The van der Waals surface area contributed by atoms with E-state index in [1.807, 2.05) is 30.3 Å². The molecule has 1 aromatic carbocycles. The zero-order valence-electron chi connectivity index (χ0n) is 14.0. The standard InChI is InChI=1S/C19H21N3O3/c23-17-12-15(13-6-2-1-3-7-13)22(11-10-20-17)19(24)18-14-8-4-5-9-16(14)25-21-18/h1-3,6-7,15H,4-5,8-12H2,(H,20,23)/t15-/m1/s1. The van der Waals surface area contributed by atoms with Crippen molar-refractivity contribution in [1.82, 2.24) is 15.4 Å². The summed E-state index contributed by atoms with van der Waals surface area (Å²) in [5.41, 5.74) is 2.34. The minimum absolute atomic E-state index is 0.0358. The Morgan fingerprint density at radius 2 is 2.00 bits per heavy atom. The molecule has 4 rings (SSSR count). The van der Waals surface area contributed by atoms with Crippen LogP contribution in [0.2, 0.25) is 0 Å². The van der Waals surface area contributed by atoms with Gasteiger partial charge in [-0.2, -0.15) is 0 Å². The molecule has 1 aromatic heterocycles. The maximum atomic E-state index is 13.2. The topological polar surface area (TPSA) is 75.4 Å². The molecule has 0 saturated carbocycles. The Kier molecular flexibility index (Phi) is 4.26. The van der Waals surface area contributed by atoms with Gasteiger partial charge in [-0.1, -0.05) is 35.5 Å². The largest absolute Gasteiger partial charge is 0.360 e. The molecule has 1 atom stereocenters. The fourth-order valence-corrected chi connectivity index (χ4v) is 3.73.